The van der Waals surface area contributed by atoms with Crippen LogP contribution >= 0.6 is 11.6 Å². The first-order valence-corrected chi connectivity index (χ1v) is 7.20. The Bertz CT molecular complexity index is 566. The van der Waals surface area contributed by atoms with Gasteiger partial charge in [-0.15, -0.1) is 0 Å². The lowest BCUT2D eigenvalue weighted by atomic mass is 10.1. The predicted octanol–water partition coefficient (Wildman–Crippen LogP) is 1.96. The Morgan fingerprint density at radius 3 is 2.24 bits per heavy atom. The van der Waals surface area contributed by atoms with Gasteiger partial charge in [0, 0.05) is 38.7 Å². The minimum absolute atomic E-state index is 0.0470. The number of piperazine rings is 1. The quantitative estimate of drug-likeness (QED) is 0.839. The maximum Gasteiger partial charge on any atom is 0.254 e. The molecular weight excluding hydrogens is 292 g/mol. The van der Waals surface area contributed by atoms with Crippen LogP contribution < -0.4 is 4.74 Å². The average molecular weight is 311 g/mol. The van der Waals surface area contributed by atoms with Crippen LogP contribution in [-0.4, -0.2) is 54.9 Å². The average Bonchev–Trinajstić information content (AvgIpc) is 2.48. The summed E-state index contributed by atoms with van der Waals surface area (Å²) in [5.41, 5.74) is 1.41. The van der Waals surface area contributed by atoms with Gasteiger partial charge in [-0.25, -0.2) is 0 Å². The van der Waals surface area contributed by atoms with E-state index in [0.29, 0.717) is 42.5 Å². The summed E-state index contributed by atoms with van der Waals surface area (Å²) >= 11 is 6.10. The fourth-order valence-corrected chi connectivity index (χ4v) is 2.68. The molecule has 0 unspecified atom stereocenters. The number of amides is 2. The van der Waals surface area contributed by atoms with Gasteiger partial charge in [-0.3, -0.25) is 9.59 Å². The standard InChI is InChI=1S/C15H19ClN2O3/c1-10-8-14(21-3)13(16)9-12(10)15(20)18-6-4-17(5-7-18)11(2)19/h8-9H,4-7H2,1-3H3. The Balaban J connectivity index is 2.14. The van der Waals surface area contributed by atoms with Gasteiger partial charge in [-0.05, 0) is 24.6 Å². The van der Waals surface area contributed by atoms with Crippen LogP contribution in [0.15, 0.2) is 12.1 Å². The van der Waals surface area contributed by atoms with Crippen LogP contribution in [0.1, 0.15) is 22.8 Å². The number of carbonyl (C=O) groups excluding carboxylic acids is 2. The van der Waals surface area contributed by atoms with E-state index in [2.05, 4.69) is 0 Å². The van der Waals surface area contributed by atoms with E-state index in [1.165, 1.54) is 0 Å². The number of ether oxygens (including phenoxy) is 1. The Labute approximate surface area is 129 Å². The van der Waals surface area contributed by atoms with Crippen molar-refractivity contribution < 1.29 is 14.3 Å². The molecule has 0 radical (unpaired) electrons. The van der Waals surface area contributed by atoms with E-state index in [0.717, 1.165) is 5.56 Å². The van der Waals surface area contributed by atoms with E-state index in [4.69, 9.17) is 16.3 Å². The molecule has 0 spiro atoms. The van der Waals surface area contributed by atoms with Crippen molar-refractivity contribution in [1.82, 2.24) is 9.80 Å². The van der Waals surface area contributed by atoms with E-state index in [-0.39, 0.29) is 11.8 Å². The number of hydrogen-bond acceptors (Lipinski definition) is 3. The highest BCUT2D eigenvalue weighted by Gasteiger charge is 2.24. The predicted molar refractivity (Wildman–Crippen MR) is 80.9 cm³/mol. The number of nitrogens with zero attached hydrogens (tertiary/aromatic N) is 2. The normalized spacial score (nSPS) is 15.0. The van der Waals surface area contributed by atoms with Gasteiger partial charge in [0.25, 0.3) is 5.91 Å². The van der Waals surface area contributed by atoms with Gasteiger partial charge < -0.3 is 14.5 Å². The molecule has 0 aromatic heterocycles. The molecule has 0 atom stereocenters. The topological polar surface area (TPSA) is 49.9 Å². The zero-order valence-electron chi connectivity index (χ0n) is 12.5. The highest BCUT2D eigenvalue weighted by molar-refractivity contribution is 6.32. The van der Waals surface area contributed by atoms with Crippen molar-refractivity contribution in [1.29, 1.82) is 0 Å². The van der Waals surface area contributed by atoms with Crippen molar-refractivity contribution >= 4 is 23.4 Å². The summed E-state index contributed by atoms with van der Waals surface area (Å²) < 4.78 is 5.15. The van der Waals surface area contributed by atoms with Gasteiger partial charge in [-0.1, -0.05) is 11.6 Å². The fourth-order valence-electron chi connectivity index (χ4n) is 2.44. The van der Waals surface area contributed by atoms with Crippen LogP contribution in [0.4, 0.5) is 0 Å². The molecule has 0 saturated carbocycles. The van der Waals surface area contributed by atoms with Gasteiger partial charge in [0.15, 0.2) is 0 Å². The monoisotopic (exact) mass is 310 g/mol. The first kappa shape index (κ1) is 15.6. The Morgan fingerprint density at radius 2 is 1.71 bits per heavy atom. The van der Waals surface area contributed by atoms with E-state index < -0.39 is 0 Å². The van der Waals surface area contributed by atoms with E-state index in [9.17, 15) is 9.59 Å². The fraction of sp³-hybridized carbons (Fsp3) is 0.467. The number of methoxy groups -OCH3 is 1. The smallest absolute Gasteiger partial charge is 0.254 e. The number of rotatable bonds is 2. The summed E-state index contributed by atoms with van der Waals surface area (Å²) in [5.74, 6) is 0.554. The summed E-state index contributed by atoms with van der Waals surface area (Å²) in [7, 11) is 1.54. The van der Waals surface area contributed by atoms with Crippen molar-refractivity contribution in [3.8, 4) is 5.75 Å². The first-order valence-electron chi connectivity index (χ1n) is 6.83. The van der Waals surface area contributed by atoms with Crippen LogP contribution in [0, 0.1) is 6.92 Å². The van der Waals surface area contributed by atoms with Gasteiger partial charge in [-0.2, -0.15) is 0 Å². The molecule has 5 nitrogen and oxygen atoms in total. The number of hydrogen-bond donors (Lipinski definition) is 0. The molecule has 114 valence electrons. The molecule has 1 fully saturated rings. The Kier molecular flexibility index (Phi) is 4.73. The minimum atomic E-state index is -0.0553. The highest BCUT2D eigenvalue weighted by atomic mass is 35.5. The molecule has 0 aliphatic carbocycles. The largest absolute Gasteiger partial charge is 0.495 e. The number of halogens is 1. The second kappa shape index (κ2) is 6.35. The van der Waals surface area contributed by atoms with Crippen molar-refractivity contribution in [2.75, 3.05) is 33.3 Å². The molecule has 2 rings (SSSR count). The van der Waals surface area contributed by atoms with Gasteiger partial charge in [0.2, 0.25) is 5.91 Å². The van der Waals surface area contributed by atoms with Crippen molar-refractivity contribution in [2.24, 2.45) is 0 Å². The van der Waals surface area contributed by atoms with Crippen molar-refractivity contribution in [3.63, 3.8) is 0 Å². The van der Waals surface area contributed by atoms with Crippen molar-refractivity contribution in [2.45, 2.75) is 13.8 Å². The summed E-state index contributed by atoms with van der Waals surface area (Å²) in [6.45, 7) is 5.64. The Morgan fingerprint density at radius 1 is 1.14 bits per heavy atom. The molecular formula is C15H19ClN2O3. The molecule has 6 heteroatoms. The van der Waals surface area contributed by atoms with Gasteiger partial charge >= 0.3 is 0 Å². The summed E-state index contributed by atoms with van der Waals surface area (Å²) in [6.07, 6.45) is 0. The summed E-state index contributed by atoms with van der Waals surface area (Å²) in [4.78, 5) is 27.4. The molecule has 0 N–H and O–H groups in total. The summed E-state index contributed by atoms with van der Waals surface area (Å²) in [6, 6.07) is 3.41. The number of carbonyl (C=O) groups is 2. The SMILES string of the molecule is COc1cc(C)c(C(=O)N2CCN(C(C)=O)CC2)cc1Cl. The zero-order valence-corrected chi connectivity index (χ0v) is 13.2. The maximum absolute atomic E-state index is 12.6. The highest BCUT2D eigenvalue weighted by Crippen LogP contribution is 2.28. The van der Waals surface area contributed by atoms with Crippen molar-refractivity contribution in [3.05, 3.63) is 28.3 Å². The van der Waals surface area contributed by atoms with Crippen LogP contribution in [0.5, 0.6) is 5.75 Å². The van der Waals surface area contributed by atoms with Crippen LogP contribution in [0.3, 0.4) is 0 Å². The molecule has 1 aromatic carbocycles. The maximum atomic E-state index is 12.6. The third kappa shape index (κ3) is 3.29. The molecule has 21 heavy (non-hydrogen) atoms. The van der Waals surface area contributed by atoms with E-state index in [1.54, 1.807) is 36.0 Å². The van der Waals surface area contributed by atoms with E-state index >= 15 is 0 Å². The molecule has 1 aliphatic rings. The second-order valence-corrected chi connectivity index (χ2v) is 5.51. The van der Waals surface area contributed by atoms with Gasteiger partial charge in [0.05, 0.1) is 12.1 Å². The molecule has 1 heterocycles. The number of benzene rings is 1. The molecule has 1 aromatic rings. The molecule has 1 aliphatic heterocycles. The third-order valence-corrected chi connectivity index (χ3v) is 4.04. The molecule has 1 saturated heterocycles. The Hall–Kier alpha value is -1.75. The number of aryl methyl sites for hydroxylation is 1. The third-order valence-electron chi connectivity index (χ3n) is 3.74. The zero-order chi connectivity index (χ0) is 15.6. The first-order chi connectivity index (χ1) is 9.93. The summed E-state index contributed by atoms with van der Waals surface area (Å²) in [5, 5.41) is 0.425. The second-order valence-electron chi connectivity index (χ2n) is 5.10. The lowest BCUT2D eigenvalue weighted by Crippen LogP contribution is -2.50. The van der Waals surface area contributed by atoms with Crippen LogP contribution in [-0.2, 0) is 4.79 Å². The molecule has 2 amide bonds. The van der Waals surface area contributed by atoms with Crippen LogP contribution in [0.25, 0.3) is 0 Å². The minimum Gasteiger partial charge on any atom is -0.495 e. The molecule has 0 bridgehead atoms. The lowest BCUT2D eigenvalue weighted by molar-refractivity contribution is -0.130. The van der Waals surface area contributed by atoms with Crippen LogP contribution in [0.2, 0.25) is 5.02 Å². The lowest BCUT2D eigenvalue weighted by Gasteiger charge is -2.34. The van der Waals surface area contributed by atoms with Gasteiger partial charge in [0.1, 0.15) is 5.75 Å². The van der Waals surface area contributed by atoms with E-state index in [1.807, 2.05) is 6.92 Å².